The summed E-state index contributed by atoms with van der Waals surface area (Å²) < 4.78 is 17.2. The lowest BCUT2D eigenvalue weighted by molar-refractivity contribution is -0.0420. The summed E-state index contributed by atoms with van der Waals surface area (Å²) in [6, 6.07) is 7.74. The van der Waals surface area contributed by atoms with E-state index < -0.39 is 12.1 Å². The van der Waals surface area contributed by atoms with Crippen molar-refractivity contribution in [3.05, 3.63) is 47.2 Å². The van der Waals surface area contributed by atoms with Crippen LogP contribution in [0.4, 0.5) is 0 Å². The van der Waals surface area contributed by atoms with Gasteiger partial charge in [0.2, 0.25) is 12.7 Å². The van der Waals surface area contributed by atoms with Crippen LogP contribution in [0.15, 0.2) is 30.5 Å². The monoisotopic (exact) mass is 575 g/mol. The predicted octanol–water partition coefficient (Wildman–Crippen LogP) is 4.93. The maximum atomic E-state index is 10.9. The van der Waals surface area contributed by atoms with Crippen molar-refractivity contribution < 1.29 is 19.3 Å². The minimum absolute atomic E-state index is 0. The highest BCUT2D eigenvalue weighted by Gasteiger charge is 2.46. The van der Waals surface area contributed by atoms with Gasteiger partial charge < -0.3 is 30.4 Å². The van der Waals surface area contributed by atoms with Gasteiger partial charge in [0.25, 0.3) is 0 Å². The summed E-state index contributed by atoms with van der Waals surface area (Å²) in [5.74, 6) is 2.22. The van der Waals surface area contributed by atoms with E-state index in [0.717, 1.165) is 54.2 Å². The first-order valence-corrected chi connectivity index (χ1v) is 12.4. The number of hydrogen-bond acceptors (Lipinski definition) is 7. The first-order chi connectivity index (χ1) is 16.2. The Labute approximate surface area is 238 Å². The van der Waals surface area contributed by atoms with Crippen LogP contribution in [-0.4, -0.2) is 41.2 Å². The van der Waals surface area contributed by atoms with Crippen LogP contribution in [0.25, 0.3) is 0 Å². The normalized spacial score (nSPS) is 20.2. The molecule has 3 heterocycles. The standard InChI is InChI=1S/C27H37N3O4.3ClH/c1-26(2,3)12-18-9-19-21(13-27(7-4-8-27)34-25(19)30-14-18)29-15-22(31)20(28)10-17-5-6-23-24(11-17)33-16-32-23;;;/h5-6,9,11,14,20-22,29,31H,4,7-8,10,12-13,15-16,28H2,1-3H3;3*1H/t20-,21-,22+;;;/m0.../s1. The van der Waals surface area contributed by atoms with Gasteiger partial charge in [0.15, 0.2) is 11.5 Å². The number of nitrogens with zero attached hydrogens (tertiary/aromatic N) is 1. The summed E-state index contributed by atoms with van der Waals surface area (Å²) in [7, 11) is 0. The highest BCUT2D eigenvalue weighted by atomic mass is 35.5. The van der Waals surface area contributed by atoms with E-state index in [0.29, 0.717) is 13.0 Å². The molecule has 1 aliphatic carbocycles. The van der Waals surface area contributed by atoms with Crippen LogP contribution >= 0.6 is 37.2 Å². The van der Waals surface area contributed by atoms with Crippen molar-refractivity contribution in [2.45, 2.75) is 83.1 Å². The van der Waals surface area contributed by atoms with Gasteiger partial charge in [-0.1, -0.05) is 26.8 Å². The summed E-state index contributed by atoms with van der Waals surface area (Å²) in [6.07, 6.45) is 6.98. The first kappa shape index (κ1) is 31.7. The van der Waals surface area contributed by atoms with E-state index in [4.69, 9.17) is 24.9 Å². The molecule has 5 rings (SSSR count). The molecule has 2 aliphatic heterocycles. The number of hydrogen-bond donors (Lipinski definition) is 3. The van der Waals surface area contributed by atoms with Crippen LogP contribution < -0.4 is 25.3 Å². The SMILES string of the molecule is CC(C)(C)Cc1cnc2c(c1)[C@@H](NC[C@@H](O)[C@@H](N)Cc1ccc3c(c1)OCO3)CC1(CCC1)O2.Cl.Cl.Cl. The number of rotatable bonds is 7. The summed E-state index contributed by atoms with van der Waals surface area (Å²) >= 11 is 0. The van der Waals surface area contributed by atoms with Crippen LogP contribution in [0.1, 0.15) is 69.2 Å². The van der Waals surface area contributed by atoms with Gasteiger partial charge in [-0.3, -0.25) is 0 Å². The summed E-state index contributed by atoms with van der Waals surface area (Å²) in [6.45, 7) is 7.37. The average Bonchev–Trinajstić information content (AvgIpc) is 3.23. The topological polar surface area (TPSA) is 98.9 Å². The van der Waals surface area contributed by atoms with Gasteiger partial charge in [0, 0.05) is 36.8 Å². The first-order valence-electron chi connectivity index (χ1n) is 12.4. The number of fused-ring (bicyclic) bond motifs is 2. The maximum Gasteiger partial charge on any atom is 0.231 e. The molecule has 3 atom stereocenters. The van der Waals surface area contributed by atoms with Gasteiger partial charge in [0.1, 0.15) is 5.60 Å². The lowest BCUT2D eigenvalue weighted by atomic mass is 9.73. The second kappa shape index (κ2) is 12.6. The molecule has 0 amide bonds. The number of nitrogens with two attached hydrogens (primary N) is 1. The molecular formula is C27H40Cl3N3O4. The van der Waals surface area contributed by atoms with Crippen molar-refractivity contribution in [2.24, 2.45) is 11.1 Å². The van der Waals surface area contributed by atoms with Crippen molar-refractivity contribution in [1.82, 2.24) is 10.3 Å². The molecule has 3 aliphatic rings. The van der Waals surface area contributed by atoms with E-state index in [-0.39, 0.29) is 61.1 Å². The molecule has 1 saturated carbocycles. The molecule has 208 valence electrons. The number of benzene rings is 1. The van der Waals surface area contributed by atoms with E-state index in [2.05, 4.69) is 32.2 Å². The summed E-state index contributed by atoms with van der Waals surface area (Å²) in [5, 5.41) is 14.5. The van der Waals surface area contributed by atoms with Gasteiger partial charge in [-0.05, 0) is 66.8 Å². The number of aliphatic hydroxyl groups is 1. The molecule has 0 radical (unpaired) electrons. The average molecular weight is 577 g/mol. The van der Waals surface area contributed by atoms with Crippen molar-refractivity contribution >= 4 is 37.2 Å². The summed E-state index contributed by atoms with van der Waals surface area (Å²) in [4.78, 5) is 4.71. The van der Waals surface area contributed by atoms with E-state index in [1.807, 2.05) is 24.4 Å². The van der Waals surface area contributed by atoms with Gasteiger partial charge in [-0.2, -0.15) is 0 Å². The molecule has 0 bridgehead atoms. The fourth-order valence-electron chi connectivity index (χ4n) is 5.24. The van der Waals surface area contributed by atoms with Crippen molar-refractivity contribution in [3.8, 4) is 17.4 Å². The molecule has 0 unspecified atom stereocenters. The van der Waals surface area contributed by atoms with Crippen LogP contribution in [0.2, 0.25) is 0 Å². The molecule has 1 fully saturated rings. The van der Waals surface area contributed by atoms with Crippen LogP contribution in [-0.2, 0) is 12.8 Å². The number of aromatic nitrogens is 1. The maximum absolute atomic E-state index is 10.9. The molecule has 1 spiro atoms. The lowest BCUT2D eigenvalue weighted by Gasteiger charge is -2.47. The van der Waals surface area contributed by atoms with Crippen molar-refractivity contribution in [2.75, 3.05) is 13.3 Å². The number of aliphatic hydroxyl groups excluding tert-OH is 1. The fraction of sp³-hybridized carbons (Fsp3) is 0.593. The van der Waals surface area contributed by atoms with E-state index in [1.54, 1.807) is 0 Å². The van der Waals surface area contributed by atoms with Crippen molar-refractivity contribution in [1.29, 1.82) is 0 Å². The molecule has 37 heavy (non-hydrogen) atoms. The Kier molecular flexibility index (Phi) is 10.8. The summed E-state index contributed by atoms with van der Waals surface area (Å²) in [5.41, 5.74) is 9.78. The van der Waals surface area contributed by atoms with Gasteiger partial charge in [0.05, 0.1) is 6.10 Å². The Balaban J connectivity index is 0.00000160. The third-order valence-corrected chi connectivity index (χ3v) is 7.18. The molecule has 10 heteroatoms. The zero-order chi connectivity index (χ0) is 23.9. The second-order valence-electron chi connectivity index (χ2n) is 11.4. The zero-order valence-electron chi connectivity index (χ0n) is 21.7. The lowest BCUT2D eigenvalue weighted by Crippen LogP contribution is -2.51. The third kappa shape index (κ3) is 7.34. The molecule has 1 aromatic carbocycles. The predicted molar refractivity (Wildman–Crippen MR) is 152 cm³/mol. The van der Waals surface area contributed by atoms with Gasteiger partial charge >= 0.3 is 0 Å². The van der Waals surface area contributed by atoms with E-state index in [1.165, 1.54) is 12.0 Å². The quantitative estimate of drug-likeness (QED) is 0.430. The molecule has 1 aromatic heterocycles. The molecule has 0 saturated heterocycles. The molecule has 7 nitrogen and oxygen atoms in total. The smallest absolute Gasteiger partial charge is 0.231 e. The highest BCUT2D eigenvalue weighted by molar-refractivity contribution is 5.86. The Morgan fingerprint density at radius 3 is 2.51 bits per heavy atom. The third-order valence-electron chi connectivity index (χ3n) is 7.18. The minimum Gasteiger partial charge on any atom is -0.471 e. The van der Waals surface area contributed by atoms with Crippen LogP contribution in [0.5, 0.6) is 17.4 Å². The Morgan fingerprint density at radius 2 is 1.84 bits per heavy atom. The van der Waals surface area contributed by atoms with Crippen LogP contribution in [0.3, 0.4) is 0 Å². The molecule has 4 N–H and O–H groups in total. The molecule has 2 aromatic rings. The highest BCUT2D eigenvalue weighted by Crippen LogP contribution is 2.48. The number of nitrogens with one attached hydrogen (secondary N) is 1. The molecular weight excluding hydrogens is 537 g/mol. The largest absolute Gasteiger partial charge is 0.471 e. The number of ether oxygens (including phenoxy) is 3. The second-order valence-corrected chi connectivity index (χ2v) is 11.4. The van der Waals surface area contributed by atoms with Crippen molar-refractivity contribution in [3.63, 3.8) is 0 Å². The number of pyridine rings is 1. The van der Waals surface area contributed by atoms with Gasteiger partial charge in [-0.25, -0.2) is 4.98 Å². The fourth-order valence-corrected chi connectivity index (χ4v) is 5.24. The van der Waals surface area contributed by atoms with E-state index in [9.17, 15) is 5.11 Å². The Bertz CT molecular complexity index is 1050. The Morgan fingerprint density at radius 1 is 1.11 bits per heavy atom. The van der Waals surface area contributed by atoms with Gasteiger partial charge in [-0.15, -0.1) is 37.2 Å². The van der Waals surface area contributed by atoms with Crippen LogP contribution in [0, 0.1) is 5.41 Å². The number of halogens is 3. The minimum atomic E-state index is -0.681. The Hall–Kier alpha value is -1.48. The zero-order valence-corrected chi connectivity index (χ0v) is 24.1. The van der Waals surface area contributed by atoms with E-state index >= 15 is 0 Å².